The molecule has 3 saturated heterocycles. The van der Waals surface area contributed by atoms with Crippen LogP contribution in [0.5, 0.6) is 0 Å². The first-order valence-electron chi connectivity index (χ1n) is 10.6. The second kappa shape index (κ2) is 7.25. The van der Waals surface area contributed by atoms with E-state index in [0.717, 1.165) is 54.8 Å². The van der Waals surface area contributed by atoms with Gasteiger partial charge in [-0.1, -0.05) is 0 Å². The number of aromatic nitrogens is 2. The molecule has 0 unspecified atom stereocenters. The minimum absolute atomic E-state index is 0.0125. The minimum Gasteiger partial charge on any atom is -0.443 e. The van der Waals surface area contributed by atoms with E-state index in [0.29, 0.717) is 38.6 Å². The van der Waals surface area contributed by atoms with Crippen molar-refractivity contribution in [1.29, 1.82) is 0 Å². The van der Waals surface area contributed by atoms with Crippen LogP contribution in [0.1, 0.15) is 37.0 Å². The number of hydrogen-bond acceptors (Lipinski definition) is 7. The minimum atomic E-state index is -0.446. The van der Waals surface area contributed by atoms with E-state index in [1.54, 1.807) is 6.33 Å². The van der Waals surface area contributed by atoms with Crippen LogP contribution in [0.3, 0.4) is 0 Å². The third-order valence-corrected chi connectivity index (χ3v) is 6.67. The van der Waals surface area contributed by atoms with Crippen molar-refractivity contribution in [1.82, 2.24) is 14.9 Å². The highest BCUT2D eigenvalue weighted by Crippen LogP contribution is 2.35. The monoisotopic (exact) mass is 400 g/mol. The summed E-state index contributed by atoms with van der Waals surface area (Å²) >= 11 is 0. The van der Waals surface area contributed by atoms with Crippen LogP contribution in [0.25, 0.3) is 11.1 Å². The Kier molecular flexibility index (Phi) is 4.70. The summed E-state index contributed by atoms with van der Waals surface area (Å²) < 4.78 is 17.4. The van der Waals surface area contributed by atoms with Gasteiger partial charge in [0.05, 0.1) is 24.5 Å². The molecule has 1 amide bonds. The largest absolute Gasteiger partial charge is 0.443 e. The molecule has 5 heterocycles. The summed E-state index contributed by atoms with van der Waals surface area (Å²) in [5.74, 6) is 1.53. The van der Waals surface area contributed by atoms with E-state index in [9.17, 15) is 4.79 Å². The molecule has 8 heteroatoms. The van der Waals surface area contributed by atoms with E-state index in [1.807, 2.05) is 18.7 Å². The number of ether oxygens (including phenoxy) is 2. The van der Waals surface area contributed by atoms with Crippen LogP contribution in [-0.2, 0) is 14.3 Å². The van der Waals surface area contributed by atoms with Crippen molar-refractivity contribution >= 4 is 22.8 Å². The fourth-order valence-electron chi connectivity index (χ4n) is 4.89. The van der Waals surface area contributed by atoms with Crippen molar-refractivity contribution in [2.75, 3.05) is 44.3 Å². The molecule has 3 fully saturated rings. The van der Waals surface area contributed by atoms with Crippen molar-refractivity contribution in [3.8, 4) is 0 Å². The van der Waals surface area contributed by atoms with E-state index in [4.69, 9.17) is 13.9 Å². The molecule has 0 radical (unpaired) electrons. The second-order valence-electron chi connectivity index (χ2n) is 8.38. The van der Waals surface area contributed by atoms with Gasteiger partial charge in [0.15, 0.2) is 5.79 Å². The zero-order chi connectivity index (χ0) is 20.0. The Bertz CT molecular complexity index is 911. The number of furan rings is 1. The maximum atomic E-state index is 13.2. The molecule has 2 aromatic rings. The molecule has 0 saturated carbocycles. The summed E-state index contributed by atoms with van der Waals surface area (Å²) in [6.07, 6.45) is 4.96. The molecule has 8 nitrogen and oxygen atoms in total. The normalized spacial score (nSPS) is 24.6. The number of carbonyl (C=O) groups excluding carboxylic acids is 1. The zero-order valence-electron chi connectivity index (χ0n) is 17.1. The molecule has 0 bridgehead atoms. The first-order valence-corrected chi connectivity index (χ1v) is 10.6. The predicted molar refractivity (Wildman–Crippen MR) is 107 cm³/mol. The van der Waals surface area contributed by atoms with Crippen LogP contribution in [0, 0.1) is 19.8 Å². The number of hydrogen-bond donors (Lipinski definition) is 0. The average molecular weight is 400 g/mol. The van der Waals surface area contributed by atoms with Gasteiger partial charge in [0.1, 0.15) is 17.9 Å². The number of likely N-dealkylation sites (tertiary alicyclic amines) is 1. The lowest BCUT2D eigenvalue weighted by Crippen LogP contribution is -2.51. The Morgan fingerprint density at radius 1 is 1.14 bits per heavy atom. The van der Waals surface area contributed by atoms with Gasteiger partial charge in [-0.2, -0.15) is 0 Å². The Hall–Kier alpha value is -2.19. The van der Waals surface area contributed by atoms with Crippen LogP contribution in [0.15, 0.2) is 10.7 Å². The van der Waals surface area contributed by atoms with Gasteiger partial charge >= 0.3 is 0 Å². The number of fused-ring (bicyclic) bond motifs is 1. The Labute approximate surface area is 170 Å². The van der Waals surface area contributed by atoms with Crippen LogP contribution < -0.4 is 4.90 Å². The van der Waals surface area contributed by atoms with Crippen molar-refractivity contribution in [3.63, 3.8) is 0 Å². The summed E-state index contributed by atoms with van der Waals surface area (Å²) in [6, 6.07) is 0. The topological polar surface area (TPSA) is 80.9 Å². The van der Waals surface area contributed by atoms with E-state index < -0.39 is 5.79 Å². The zero-order valence-corrected chi connectivity index (χ0v) is 17.1. The average Bonchev–Trinajstić information content (AvgIpc) is 3.32. The Balaban J connectivity index is 1.31. The van der Waals surface area contributed by atoms with Crippen LogP contribution in [0.4, 0.5) is 5.82 Å². The quantitative estimate of drug-likeness (QED) is 0.766. The summed E-state index contributed by atoms with van der Waals surface area (Å²) in [4.78, 5) is 26.3. The molecule has 5 rings (SSSR count). The predicted octanol–water partition coefficient (Wildman–Crippen LogP) is 2.42. The van der Waals surface area contributed by atoms with Gasteiger partial charge in [-0.15, -0.1) is 0 Å². The maximum absolute atomic E-state index is 13.2. The smallest absolute Gasteiger partial charge is 0.231 e. The number of aryl methyl sites for hydroxylation is 2. The van der Waals surface area contributed by atoms with E-state index in [2.05, 4.69) is 14.9 Å². The van der Waals surface area contributed by atoms with Crippen LogP contribution >= 0.6 is 0 Å². The third-order valence-electron chi connectivity index (χ3n) is 6.67. The number of anilines is 1. The van der Waals surface area contributed by atoms with Crippen molar-refractivity contribution in [2.45, 2.75) is 45.3 Å². The molecule has 1 spiro atoms. The molecule has 156 valence electrons. The van der Waals surface area contributed by atoms with Crippen molar-refractivity contribution < 1.29 is 18.7 Å². The molecular formula is C21H28N4O4. The Morgan fingerprint density at radius 3 is 2.66 bits per heavy atom. The third kappa shape index (κ3) is 3.28. The molecule has 2 aromatic heterocycles. The fraction of sp³-hybridized carbons (Fsp3) is 0.667. The summed E-state index contributed by atoms with van der Waals surface area (Å²) in [5.41, 5.74) is 1.69. The highest BCUT2D eigenvalue weighted by atomic mass is 16.7. The lowest BCUT2D eigenvalue weighted by molar-refractivity contribution is -0.188. The van der Waals surface area contributed by atoms with Gasteiger partial charge in [0, 0.05) is 44.6 Å². The lowest BCUT2D eigenvalue weighted by Gasteiger charge is -2.40. The second-order valence-corrected chi connectivity index (χ2v) is 8.38. The molecule has 1 atom stereocenters. The summed E-state index contributed by atoms with van der Waals surface area (Å²) in [5, 5.41) is 0.966. The standard InChI is InChI=1S/C21H28N4O4/c1-14-15(2)29-19-17(14)18(22-13-23-19)25-7-3-4-16(12-25)20(26)24-8-5-21(6-9-24)27-10-11-28-21/h13,16H,3-12H2,1-2H3/t16-/m1/s1. The summed E-state index contributed by atoms with van der Waals surface area (Å²) in [7, 11) is 0. The van der Waals surface area contributed by atoms with Crippen molar-refractivity contribution in [3.05, 3.63) is 17.7 Å². The van der Waals surface area contributed by atoms with Gasteiger partial charge in [0.2, 0.25) is 11.6 Å². The number of carbonyl (C=O) groups is 1. The Morgan fingerprint density at radius 2 is 1.90 bits per heavy atom. The van der Waals surface area contributed by atoms with Gasteiger partial charge in [-0.3, -0.25) is 4.79 Å². The highest BCUT2D eigenvalue weighted by Gasteiger charge is 2.42. The molecule has 0 N–H and O–H groups in total. The first-order chi connectivity index (χ1) is 14.1. The van der Waals surface area contributed by atoms with Gasteiger partial charge < -0.3 is 23.7 Å². The molecule has 0 aliphatic carbocycles. The van der Waals surface area contributed by atoms with E-state index in [1.165, 1.54) is 0 Å². The molecule has 29 heavy (non-hydrogen) atoms. The van der Waals surface area contributed by atoms with E-state index >= 15 is 0 Å². The molecular weight excluding hydrogens is 372 g/mol. The van der Waals surface area contributed by atoms with Gasteiger partial charge in [-0.25, -0.2) is 9.97 Å². The highest BCUT2D eigenvalue weighted by molar-refractivity contribution is 5.90. The molecule has 3 aliphatic heterocycles. The van der Waals surface area contributed by atoms with Gasteiger partial charge in [-0.05, 0) is 26.7 Å². The van der Waals surface area contributed by atoms with E-state index in [-0.39, 0.29) is 11.8 Å². The fourth-order valence-corrected chi connectivity index (χ4v) is 4.89. The summed E-state index contributed by atoms with van der Waals surface area (Å²) in [6.45, 7) is 8.28. The molecule has 3 aliphatic rings. The maximum Gasteiger partial charge on any atom is 0.231 e. The number of amides is 1. The number of rotatable bonds is 2. The van der Waals surface area contributed by atoms with Crippen LogP contribution in [0.2, 0.25) is 0 Å². The van der Waals surface area contributed by atoms with Crippen LogP contribution in [-0.4, -0.2) is 66.0 Å². The SMILES string of the molecule is Cc1oc2ncnc(N3CCC[C@@H](C(=O)N4CCC5(CC4)OCCO5)C3)c2c1C. The number of piperidine rings is 2. The first kappa shape index (κ1) is 18.8. The van der Waals surface area contributed by atoms with Gasteiger partial charge in [0.25, 0.3) is 0 Å². The molecule has 0 aromatic carbocycles. The van der Waals surface area contributed by atoms with Crippen molar-refractivity contribution in [2.24, 2.45) is 5.92 Å². The number of nitrogens with zero attached hydrogens (tertiary/aromatic N) is 4. The lowest BCUT2D eigenvalue weighted by atomic mass is 9.94.